The molecule has 8 heteroatoms. The van der Waals surface area contributed by atoms with E-state index in [1.165, 1.54) is 31.4 Å². The van der Waals surface area contributed by atoms with Crippen LogP contribution in [0.5, 0.6) is 11.5 Å². The maximum atomic E-state index is 12.7. The summed E-state index contributed by atoms with van der Waals surface area (Å²) in [5.74, 6) is 0.781. The third-order valence-corrected chi connectivity index (χ3v) is 5.80. The molecule has 2 aromatic rings. The molecular formula is C20H23NO6S. The Hall–Kier alpha value is -2.58. The van der Waals surface area contributed by atoms with Crippen molar-refractivity contribution in [2.75, 3.05) is 13.7 Å². The number of fused-ring (bicyclic) bond motifs is 1. The number of carbonyl (C=O) groups excluding carboxylic acids is 1. The van der Waals surface area contributed by atoms with E-state index < -0.39 is 16.0 Å². The molecule has 2 aromatic carbocycles. The Balaban J connectivity index is 1.83. The van der Waals surface area contributed by atoms with E-state index in [2.05, 4.69) is 9.46 Å². The number of ether oxygens (including phenoxy) is 3. The molecule has 28 heavy (non-hydrogen) atoms. The number of hydrogen-bond donors (Lipinski definition) is 1. The second kappa shape index (κ2) is 8.20. The average Bonchev–Trinajstić information content (AvgIpc) is 3.04. The lowest BCUT2D eigenvalue weighted by atomic mass is 10.1. The summed E-state index contributed by atoms with van der Waals surface area (Å²) in [7, 11) is -2.59. The highest BCUT2D eigenvalue weighted by Crippen LogP contribution is 2.35. The fourth-order valence-corrected chi connectivity index (χ4v) is 4.13. The molecule has 0 saturated carbocycles. The number of sulfonamides is 1. The summed E-state index contributed by atoms with van der Waals surface area (Å²) in [5.41, 5.74) is 1.90. The summed E-state index contributed by atoms with van der Waals surface area (Å²) in [6.07, 6.45) is 0.874. The van der Waals surface area contributed by atoms with Crippen molar-refractivity contribution in [3.8, 4) is 11.5 Å². The summed E-state index contributed by atoms with van der Waals surface area (Å²) < 4.78 is 44.0. The largest absolute Gasteiger partial charge is 0.494 e. The van der Waals surface area contributed by atoms with Gasteiger partial charge in [0.05, 0.1) is 24.2 Å². The van der Waals surface area contributed by atoms with Crippen molar-refractivity contribution < 1.29 is 27.4 Å². The van der Waals surface area contributed by atoms with Crippen LogP contribution < -0.4 is 14.2 Å². The van der Waals surface area contributed by atoms with E-state index in [4.69, 9.17) is 9.47 Å². The molecule has 0 aliphatic carbocycles. The highest BCUT2D eigenvalue weighted by Gasteiger charge is 2.23. The van der Waals surface area contributed by atoms with Gasteiger partial charge in [0.2, 0.25) is 10.0 Å². The Kier molecular flexibility index (Phi) is 5.90. The Morgan fingerprint density at radius 1 is 1.29 bits per heavy atom. The van der Waals surface area contributed by atoms with E-state index >= 15 is 0 Å². The zero-order valence-electron chi connectivity index (χ0n) is 16.0. The Morgan fingerprint density at radius 3 is 2.79 bits per heavy atom. The lowest BCUT2D eigenvalue weighted by molar-refractivity contribution is 0.0600. The lowest BCUT2D eigenvalue weighted by Gasteiger charge is -2.14. The van der Waals surface area contributed by atoms with E-state index in [0.29, 0.717) is 17.9 Å². The molecule has 0 bridgehead atoms. The number of benzene rings is 2. The first-order chi connectivity index (χ1) is 13.3. The van der Waals surface area contributed by atoms with Crippen LogP contribution in [0, 0.1) is 0 Å². The van der Waals surface area contributed by atoms with Crippen molar-refractivity contribution in [2.45, 2.75) is 37.8 Å². The first-order valence-electron chi connectivity index (χ1n) is 8.97. The Morgan fingerprint density at radius 2 is 2.07 bits per heavy atom. The number of hydrogen-bond acceptors (Lipinski definition) is 6. The molecule has 1 aliphatic heterocycles. The zero-order chi connectivity index (χ0) is 20.3. The molecule has 0 saturated heterocycles. The first kappa shape index (κ1) is 20.2. The second-order valence-corrected chi connectivity index (χ2v) is 8.24. The van der Waals surface area contributed by atoms with Gasteiger partial charge >= 0.3 is 5.97 Å². The molecule has 0 unspecified atom stereocenters. The number of carbonyl (C=O) groups is 1. The van der Waals surface area contributed by atoms with Gasteiger partial charge in [0.25, 0.3) is 0 Å². The smallest absolute Gasteiger partial charge is 0.337 e. The molecule has 3 rings (SSSR count). The van der Waals surface area contributed by atoms with Crippen molar-refractivity contribution in [3.05, 3.63) is 53.1 Å². The maximum absolute atomic E-state index is 12.7. The topological polar surface area (TPSA) is 90.9 Å². The zero-order valence-corrected chi connectivity index (χ0v) is 16.8. The molecule has 0 radical (unpaired) electrons. The van der Waals surface area contributed by atoms with Crippen molar-refractivity contribution in [1.82, 2.24) is 4.72 Å². The molecule has 7 nitrogen and oxygen atoms in total. The van der Waals surface area contributed by atoms with Crippen LogP contribution in [0.4, 0.5) is 0 Å². The quantitative estimate of drug-likeness (QED) is 0.712. The van der Waals surface area contributed by atoms with Gasteiger partial charge in [-0.05, 0) is 44.2 Å². The number of methoxy groups -OCH3 is 1. The minimum Gasteiger partial charge on any atom is -0.494 e. The molecule has 1 heterocycles. The van der Waals surface area contributed by atoms with E-state index in [9.17, 15) is 13.2 Å². The maximum Gasteiger partial charge on any atom is 0.337 e. The molecule has 0 aromatic heterocycles. The van der Waals surface area contributed by atoms with Gasteiger partial charge in [-0.25, -0.2) is 17.9 Å². The van der Waals surface area contributed by atoms with Gasteiger partial charge in [-0.1, -0.05) is 6.07 Å². The summed E-state index contributed by atoms with van der Waals surface area (Å²) >= 11 is 0. The normalized spacial score (nSPS) is 15.6. The summed E-state index contributed by atoms with van der Waals surface area (Å²) in [4.78, 5) is 11.6. The van der Waals surface area contributed by atoms with Crippen molar-refractivity contribution in [1.29, 1.82) is 0 Å². The van der Waals surface area contributed by atoms with Gasteiger partial charge in [-0.2, -0.15) is 0 Å². The van der Waals surface area contributed by atoms with E-state index in [-0.39, 0.29) is 23.1 Å². The molecule has 0 fully saturated rings. The molecule has 0 amide bonds. The Labute approximate surface area is 164 Å². The van der Waals surface area contributed by atoms with Gasteiger partial charge in [-0.15, -0.1) is 0 Å². The van der Waals surface area contributed by atoms with Gasteiger partial charge < -0.3 is 14.2 Å². The Bertz CT molecular complexity index is 986. The van der Waals surface area contributed by atoms with E-state index in [0.717, 1.165) is 17.7 Å². The average molecular weight is 405 g/mol. The molecular weight excluding hydrogens is 382 g/mol. The van der Waals surface area contributed by atoms with Crippen LogP contribution in [-0.2, 0) is 27.7 Å². The standard InChI is InChI=1S/C20H23NO6S/c1-4-26-18-10-15-8-13(2)27-19(15)11-16(18)12-21-28(23,24)17-7-5-6-14(9-17)20(22)25-3/h5-7,9-11,13,21H,4,8,12H2,1-3H3/t13-/m1/s1. The van der Waals surface area contributed by atoms with Crippen LogP contribution in [0.3, 0.4) is 0 Å². The van der Waals surface area contributed by atoms with Crippen LogP contribution in [0.1, 0.15) is 35.3 Å². The van der Waals surface area contributed by atoms with Crippen LogP contribution in [0.25, 0.3) is 0 Å². The third-order valence-electron chi connectivity index (χ3n) is 4.40. The summed E-state index contributed by atoms with van der Waals surface area (Å²) in [6, 6.07) is 9.42. The molecule has 1 N–H and O–H groups in total. The van der Waals surface area contributed by atoms with Crippen LogP contribution >= 0.6 is 0 Å². The van der Waals surface area contributed by atoms with Crippen LogP contribution in [0.15, 0.2) is 41.3 Å². The third kappa shape index (κ3) is 4.28. The predicted octanol–water partition coefficient (Wildman–Crippen LogP) is 2.67. The van der Waals surface area contributed by atoms with Gasteiger partial charge in [0.15, 0.2) is 0 Å². The summed E-state index contributed by atoms with van der Waals surface area (Å²) in [5, 5.41) is 0. The monoisotopic (exact) mass is 405 g/mol. The van der Waals surface area contributed by atoms with Gasteiger partial charge in [0.1, 0.15) is 17.6 Å². The SMILES string of the molecule is CCOc1cc2c(cc1CNS(=O)(=O)c1cccc(C(=O)OC)c1)O[C@H](C)C2. The molecule has 1 aliphatic rings. The second-order valence-electron chi connectivity index (χ2n) is 6.48. The fourth-order valence-electron chi connectivity index (χ4n) is 3.07. The number of rotatable bonds is 7. The van der Waals surface area contributed by atoms with Crippen molar-refractivity contribution in [3.63, 3.8) is 0 Å². The highest BCUT2D eigenvalue weighted by molar-refractivity contribution is 7.89. The first-order valence-corrected chi connectivity index (χ1v) is 10.5. The lowest BCUT2D eigenvalue weighted by Crippen LogP contribution is -2.24. The van der Waals surface area contributed by atoms with E-state index in [1.807, 2.05) is 26.0 Å². The summed E-state index contributed by atoms with van der Waals surface area (Å²) in [6.45, 7) is 4.36. The molecule has 150 valence electrons. The van der Waals surface area contributed by atoms with Crippen molar-refractivity contribution in [2.24, 2.45) is 0 Å². The molecule has 1 atom stereocenters. The van der Waals surface area contributed by atoms with E-state index in [1.54, 1.807) is 0 Å². The molecule has 0 spiro atoms. The van der Waals surface area contributed by atoms with Crippen LogP contribution in [-0.4, -0.2) is 34.2 Å². The minimum atomic E-state index is -3.83. The highest BCUT2D eigenvalue weighted by atomic mass is 32.2. The minimum absolute atomic E-state index is 0.0145. The van der Waals surface area contributed by atoms with Gasteiger partial charge in [-0.3, -0.25) is 0 Å². The predicted molar refractivity (Wildman–Crippen MR) is 103 cm³/mol. The van der Waals surface area contributed by atoms with Crippen molar-refractivity contribution >= 4 is 16.0 Å². The fraction of sp³-hybridized carbons (Fsp3) is 0.350. The number of esters is 1. The number of nitrogens with one attached hydrogen (secondary N) is 1. The van der Waals surface area contributed by atoms with Crippen LogP contribution in [0.2, 0.25) is 0 Å². The van der Waals surface area contributed by atoms with Gasteiger partial charge in [0, 0.05) is 24.1 Å².